The van der Waals surface area contributed by atoms with E-state index in [4.69, 9.17) is 23.2 Å². The number of rotatable bonds is 4. The van der Waals surface area contributed by atoms with Crippen LogP contribution in [0.3, 0.4) is 0 Å². The highest BCUT2D eigenvalue weighted by Crippen LogP contribution is 2.32. The molecule has 0 bridgehead atoms. The maximum atomic E-state index is 13.8. The Hall–Kier alpha value is -2.12. The molecule has 1 aliphatic heterocycles. The van der Waals surface area contributed by atoms with E-state index in [9.17, 15) is 9.18 Å². The van der Waals surface area contributed by atoms with Gasteiger partial charge < -0.3 is 10.6 Å². The first-order valence-electron chi connectivity index (χ1n) is 9.34. The molecule has 0 aliphatic carbocycles. The molecule has 0 atom stereocenters. The summed E-state index contributed by atoms with van der Waals surface area (Å²) in [7, 11) is 0. The molecule has 0 saturated carbocycles. The van der Waals surface area contributed by atoms with Crippen LogP contribution in [0.4, 0.5) is 10.1 Å². The van der Waals surface area contributed by atoms with E-state index >= 15 is 0 Å². The van der Waals surface area contributed by atoms with E-state index in [0.717, 1.165) is 31.6 Å². The van der Waals surface area contributed by atoms with Gasteiger partial charge in [0.15, 0.2) is 0 Å². The van der Waals surface area contributed by atoms with Gasteiger partial charge in [0.25, 0.3) is 5.91 Å². The van der Waals surface area contributed by atoms with Gasteiger partial charge in [-0.25, -0.2) is 9.07 Å². The van der Waals surface area contributed by atoms with E-state index in [0.29, 0.717) is 27.0 Å². The Morgan fingerprint density at radius 1 is 1.17 bits per heavy atom. The Bertz CT molecular complexity index is 1050. The van der Waals surface area contributed by atoms with Crippen molar-refractivity contribution in [2.45, 2.75) is 18.8 Å². The van der Waals surface area contributed by atoms with E-state index in [1.807, 2.05) is 0 Å². The van der Waals surface area contributed by atoms with Crippen LogP contribution >= 0.6 is 35.6 Å². The van der Waals surface area contributed by atoms with E-state index in [-0.39, 0.29) is 30.0 Å². The van der Waals surface area contributed by atoms with E-state index in [1.54, 1.807) is 35.0 Å². The molecule has 30 heavy (non-hydrogen) atoms. The summed E-state index contributed by atoms with van der Waals surface area (Å²) in [6.45, 7) is 1.70. The van der Waals surface area contributed by atoms with Crippen LogP contribution in [0.1, 0.15) is 34.8 Å². The summed E-state index contributed by atoms with van der Waals surface area (Å²) in [6.07, 6.45) is 3.26. The predicted molar refractivity (Wildman–Crippen MR) is 120 cm³/mol. The lowest BCUT2D eigenvalue weighted by Crippen LogP contribution is -2.29. The largest absolute Gasteiger partial charge is 0.321 e. The third-order valence-corrected chi connectivity index (χ3v) is 5.56. The van der Waals surface area contributed by atoms with Gasteiger partial charge in [-0.3, -0.25) is 4.79 Å². The number of nitrogens with one attached hydrogen (secondary N) is 2. The second-order valence-corrected chi connectivity index (χ2v) is 7.78. The molecule has 0 radical (unpaired) electrons. The SMILES string of the molecule is Cl.O=C(Nc1ccc(Cl)cc1Cl)c1cnn(-c2cccc(F)c2)c1C1CCNCC1. The van der Waals surface area contributed by atoms with Crippen LogP contribution in [0.25, 0.3) is 5.69 Å². The number of hydrogen-bond donors (Lipinski definition) is 2. The van der Waals surface area contributed by atoms with E-state index < -0.39 is 0 Å². The lowest BCUT2D eigenvalue weighted by Gasteiger charge is -2.24. The lowest BCUT2D eigenvalue weighted by molar-refractivity contribution is 0.102. The van der Waals surface area contributed by atoms with Gasteiger partial charge in [0.05, 0.1) is 33.9 Å². The maximum Gasteiger partial charge on any atom is 0.259 e. The first-order valence-corrected chi connectivity index (χ1v) is 10.1. The highest BCUT2D eigenvalue weighted by molar-refractivity contribution is 6.36. The van der Waals surface area contributed by atoms with Crippen LogP contribution in [0, 0.1) is 5.82 Å². The van der Waals surface area contributed by atoms with Crippen LogP contribution in [-0.4, -0.2) is 28.8 Å². The number of anilines is 1. The summed E-state index contributed by atoms with van der Waals surface area (Å²) >= 11 is 12.1. The van der Waals surface area contributed by atoms with Crippen molar-refractivity contribution >= 4 is 47.2 Å². The second kappa shape index (κ2) is 9.79. The summed E-state index contributed by atoms with van der Waals surface area (Å²) in [5.41, 5.74) is 2.28. The van der Waals surface area contributed by atoms with Gasteiger partial charge in [-0.2, -0.15) is 5.10 Å². The lowest BCUT2D eigenvalue weighted by atomic mass is 9.91. The maximum absolute atomic E-state index is 13.8. The van der Waals surface area contributed by atoms with Gasteiger partial charge in [-0.1, -0.05) is 29.3 Å². The molecule has 2 N–H and O–H groups in total. The minimum atomic E-state index is -0.354. The number of amides is 1. The van der Waals surface area contributed by atoms with E-state index in [1.165, 1.54) is 18.3 Å². The molecule has 1 amide bonds. The summed E-state index contributed by atoms with van der Waals surface area (Å²) in [5.74, 6) is -0.540. The standard InChI is InChI=1S/C21H19Cl2FN4O.ClH/c22-14-4-5-19(18(23)10-14)27-21(29)17-12-26-28(16-3-1-2-15(24)11-16)20(17)13-6-8-25-9-7-13;/h1-5,10-13,25H,6-9H2,(H,27,29);1H. The average Bonchev–Trinajstić information content (AvgIpc) is 3.16. The number of hydrogen-bond acceptors (Lipinski definition) is 3. The molecule has 158 valence electrons. The molecule has 5 nitrogen and oxygen atoms in total. The molecule has 1 saturated heterocycles. The molecule has 9 heteroatoms. The van der Waals surface area contributed by atoms with E-state index in [2.05, 4.69) is 15.7 Å². The van der Waals surface area contributed by atoms with Crippen LogP contribution in [0.5, 0.6) is 0 Å². The molecule has 1 aromatic heterocycles. The highest BCUT2D eigenvalue weighted by atomic mass is 35.5. The van der Waals surface area contributed by atoms with Crippen LogP contribution in [-0.2, 0) is 0 Å². The number of aromatic nitrogens is 2. The zero-order valence-corrected chi connectivity index (χ0v) is 18.2. The molecule has 1 fully saturated rings. The fourth-order valence-corrected chi connectivity index (χ4v) is 4.07. The molecule has 0 spiro atoms. The molecular weight excluding hydrogens is 450 g/mol. The van der Waals surface area contributed by atoms with Crippen molar-refractivity contribution in [3.05, 3.63) is 75.8 Å². The van der Waals surface area contributed by atoms with Crippen LogP contribution < -0.4 is 10.6 Å². The average molecular weight is 470 g/mol. The minimum Gasteiger partial charge on any atom is -0.321 e. The fourth-order valence-electron chi connectivity index (χ4n) is 3.62. The Morgan fingerprint density at radius 3 is 2.63 bits per heavy atom. The molecule has 4 rings (SSSR count). The summed E-state index contributed by atoms with van der Waals surface area (Å²) in [4.78, 5) is 13.1. The van der Waals surface area contributed by atoms with Gasteiger partial charge in [-0.05, 0) is 62.3 Å². The zero-order chi connectivity index (χ0) is 20.4. The third kappa shape index (κ3) is 4.78. The Morgan fingerprint density at radius 2 is 1.93 bits per heavy atom. The Kier molecular flexibility index (Phi) is 7.36. The fraction of sp³-hybridized carbons (Fsp3) is 0.238. The Balaban J connectivity index is 0.00000256. The highest BCUT2D eigenvalue weighted by Gasteiger charge is 2.27. The number of nitrogens with zero attached hydrogens (tertiary/aromatic N) is 2. The van der Waals surface area contributed by atoms with Gasteiger partial charge in [0.2, 0.25) is 0 Å². The quantitative estimate of drug-likeness (QED) is 0.533. The van der Waals surface area contributed by atoms with Crippen molar-refractivity contribution in [1.82, 2.24) is 15.1 Å². The molecule has 0 unspecified atom stereocenters. The number of halogens is 4. The third-order valence-electron chi connectivity index (χ3n) is 5.01. The van der Waals surface area contributed by atoms with Gasteiger partial charge in [0.1, 0.15) is 5.82 Å². The number of benzene rings is 2. The van der Waals surface area contributed by atoms with Crippen molar-refractivity contribution in [2.24, 2.45) is 0 Å². The van der Waals surface area contributed by atoms with Crippen LogP contribution in [0.2, 0.25) is 10.0 Å². The minimum absolute atomic E-state index is 0. The van der Waals surface area contributed by atoms with Crippen molar-refractivity contribution in [3.8, 4) is 5.69 Å². The van der Waals surface area contributed by atoms with Gasteiger partial charge >= 0.3 is 0 Å². The van der Waals surface area contributed by atoms with Gasteiger partial charge in [0, 0.05) is 10.9 Å². The van der Waals surface area contributed by atoms with Crippen molar-refractivity contribution < 1.29 is 9.18 Å². The first kappa shape index (κ1) is 22.6. The summed E-state index contributed by atoms with van der Waals surface area (Å²) in [6, 6.07) is 11.1. The molecule has 2 heterocycles. The number of piperidine rings is 1. The topological polar surface area (TPSA) is 59.0 Å². The van der Waals surface area contributed by atoms with Crippen molar-refractivity contribution in [1.29, 1.82) is 0 Å². The van der Waals surface area contributed by atoms with Crippen LogP contribution in [0.15, 0.2) is 48.7 Å². The van der Waals surface area contributed by atoms with Crippen molar-refractivity contribution in [2.75, 3.05) is 18.4 Å². The molecule has 1 aliphatic rings. The monoisotopic (exact) mass is 468 g/mol. The first-order chi connectivity index (χ1) is 14.0. The Labute approximate surface area is 190 Å². The number of carbonyl (C=O) groups is 1. The van der Waals surface area contributed by atoms with Crippen molar-refractivity contribution in [3.63, 3.8) is 0 Å². The molecule has 3 aromatic rings. The zero-order valence-electron chi connectivity index (χ0n) is 15.9. The molecule has 2 aromatic carbocycles. The smallest absolute Gasteiger partial charge is 0.259 e. The number of carbonyl (C=O) groups excluding carboxylic acids is 1. The summed E-state index contributed by atoms with van der Waals surface area (Å²) < 4.78 is 15.5. The summed E-state index contributed by atoms with van der Waals surface area (Å²) in [5, 5.41) is 11.4. The second-order valence-electron chi connectivity index (χ2n) is 6.94. The normalized spacial score (nSPS) is 14.2. The van der Waals surface area contributed by atoms with Gasteiger partial charge in [-0.15, -0.1) is 12.4 Å². The molecular formula is C21H20Cl3FN4O. The predicted octanol–water partition coefficient (Wildman–Crippen LogP) is 5.46.